The summed E-state index contributed by atoms with van der Waals surface area (Å²) in [6.07, 6.45) is 1.89. The number of aryl methyl sites for hydroxylation is 1. The van der Waals surface area contributed by atoms with Crippen LogP contribution in [0, 0.1) is 12.8 Å². The van der Waals surface area contributed by atoms with Crippen molar-refractivity contribution in [3.05, 3.63) is 15.4 Å². The van der Waals surface area contributed by atoms with E-state index in [1.54, 1.807) is 10.4 Å². The van der Waals surface area contributed by atoms with Crippen LogP contribution in [0.25, 0.3) is 0 Å². The van der Waals surface area contributed by atoms with Gasteiger partial charge in [-0.15, -0.1) is 11.3 Å². The van der Waals surface area contributed by atoms with Crippen molar-refractivity contribution in [2.75, 3.05) is 33.7 Å². The lowest BCUT2D eigenvalue weighted by molar-refractivity contribution is 0.225. The molecule has 0 atom stereocenters. The molecule has 1 aromatic rings. The van der Waals surface area contributed by atoms with E-state index in [0.717, 1.165) is 28.7 Å². The standard InChI is InChI=1S/C13H21BrN2O2S2/c1-10-8-12(19-13(10)14)20(17,18)16-6-4-11(5-7-16)9-15(2)3/h8,11H,4-7,9H2,1-3H3. The van der Waals surface area contributed by atoms with Crippen LogP contribution in [-0.4, -0.2) is 51.4 Å². The molecule has 2 heterocycles. The zero-order chi connectivity index (χ0) is 14.9. The Morgan fingerprint density at radius 3 is 2.45 bits per heavy atom. The molecule has 0 unspecified atom stereocenters. The van der Waals surface area contributed by atoms with Crippen LogP contribution < -0.4 is 0 Å². The van der Waals surface area contributed by atoms with Crippen molar-refractivity contribution in [3.8, 4) is 0 Å². The van der Waals surface area contributed by atoms with Gasteiger partial charge in [0.15, 0.2) is 0 Å². The third-order valence-electron chi connectivity index (χ3n) is 3.63. The Balaban J connectivity index is 2.05. The van der Waals surface area contributed by atoms with Crippen LogP contribution in [-0.2, 0) is 10.0 Å². The van der Waals surface area contributed by atoms with Gasteiger partial charge in [-0.05, 0) is 67.3 Å². The van der Waals surface area contributed by atoms with E-state index in [2.05, 4.69) is 34.9 Å². The van der Waals surface area contributed by atoms with Crippen LogP contribution in [0.3, 0.4) is 0 Å². The number of thiophene rings is 1. The molecule has 1 aromatic heterocycles. The molecule has 0 saturated carbocycles. The zero-order valence-electron chi connectivity index (χ0n) is 12.1. The number of halogens is 1. The van der Waals surface area contributed by atoms with E-state index in [-0.39, 0.29) is 0 Å². The first-order valence-corrected chi connectivity index (χ1v) is 9.76. The van der Waals surface area contributed by atoms with E-state index < -0.39 is 10.0 Å². The molecular formula is C13H21BrN2O2S2. The van der Waals surface area contributed by atoms with Crippen molar-refractivity contribution in [3.63, 3.8) is 0 Å². The summed E-state index contributed by atoms with van der Waals surface area (Å²) in [5.74, 6) is 0.605. The van der Waals surface area contributed by atoms with Gasteiger partial charge in [0.25, 0.3) is 10.0 Å². The van der Waals surface area contributed by atoms with Gasteiger partial charge in [-0.2, -0.15) is 4.31 Å². The quantitative estimate of drug-likeness (QED) is 0.805. The highest BCUT2D eigenvalue weighted by Crippen LogP contribution is 2.33. The maximum Gasteiger partial charge on any atom is 0.252 e. The largest absolute Gasteiger partial charge is 0.309 e. The Morgan fingerprint density at radius 1 is 1.40 bits per heavy atom. The molecule has 0 spiro atoms. The first-order valence-electron chi connectivity index (χ1n) is 6.71. The van der Waals surface area contributed by atoms with Crippen LogP contribution in [0.1, 0.15) is 18.4 Å². The van der Waals surface area contributed by atoms with Crippen molar-refractivity contribution >= 4 is 37.3 Å². The van der Waals surface area contributed by atoms with Crippen molar-refractivity contribution in [2.45, 2.75) is 24.0 Å². The summed E-state index contributed by atoms with van der Waals surface area (Å²) in [5, 5.41) is 0. The van der Waals surface area contributed by atoms with Gasteiger partial charge >= 0.3 is 0 Å². The highest BCUT2D eigenvalue weighted by atomic mass is 79.9. The molecule has 1 aliphatic heterocycles. The Hall–Kier alpha value is 0.0500. The van der Waals surface area contributed by atoms with E-state index in [4.69, 9.17) is 0 Å². The highest BCUT2D eigenvalue weighted by molar-refractivity contribution is 9.11. The molecule has 7 heteroatoms. The van der Waals surface area contributed by atoms with Gasteiger partial charge in [0.2, 0.25) is 0 Å². The van der Waals surface area contributed by atoms with E-state index in [1.807, 2.05) is 6.92 Å². The molecule has 0 radical (unpaired) electrons. The van der Waals surface area contributed by atoms with Crippen molar-refractivity contribution in [1.82, 2.24) is 9.21 Å². The zero-order valence-corrected chi connectivity index (χ0v) is 15.3. The van der Waals surface area contributed by atoms with Crippen molar-refractivity contribution in [1.29, 1.82) is 0 Å². The third-order valence-corrected chi connectivity index (χ3v) is 8.11. The van der Waals surface area contributed by atoms with Gasteiger partial charge < -0.3 is 4.90 Å². The number of sulfonamides is 1. The monoisotopic (exact) mass is 380 g/mol. The maximum absolute atomic E-state index is 12.6. The number of nitrogens with zero attached hydrogens (tertiary/aromatic N) is 2. The Labute approximate surface area is 133 Å². The van der Waals surface area contributed by atoms with E-state index in [1.165, 1.54) is 11.3 Å². The molecule has 114 valence electrons. The lowest BCUT2D eigenvalue weighted by Crippen LogP contribution is -2.40. The average molecular weight is 381 g/mol. The van der Waals surface area contributed by atoms with E-state index in [0.29, 0.717) is 23.2 Å². The number of rotatable bonds is 4. The molecule has 1 aliphatic rings. The van der Waals surface area contributed by atoms with Gasteiger partial charge in [-0.3, -0.25) is 0 Å². The van der Waals surface area contributed by atoms with Gasteiger partial charge in [0, 0.05) is 19.6 Å². The molecule has 0 N–H and O–H groups in total. The molecule has 0 aliphatic carbocycles. The first kappa shape index (κ1) is 16.4. The molecule has 0 bridgehead atoms. The van der Waals surface area contributed by atoms with Crippen LogP contribution in [0.2, 0.25) is 0 Å². The van der Waals surface area contributed by atoms with Gasteiger partial charge in [-0.1, -0.05) is 0 Å². The number of hydrogen-bond acceptors (Lipinski definition) is 4. The molecule has 0 amide bonds. The Morgan fingerprint density at radius 2 is 2.00 bits per heavy atom. The highest BCUT2D eigenvalue weighted by Gasteiger charge is 2.30. The fraction of sp³-hybridized carbons (Fsp3) is 0.692. The number of hydrogen-bond donors (Lipinski definition) is 0. The Kier molecular flexibility index (Phi) is 5.29. The third kappa shape index (κ3) is 3.62. The number of piperidine rings is 1. The predicted octanol–water partition coefficient (Wildman–Crippen LogP) is 2.78. The predicted molar refractivity (Wildman–Crippen MR) is 86.8 cm³/mol. The lowest BCUT2D eigenvalue weighted by Gasteiger charge is -2.32. The molecular weight excluding hydrogens is 360 g/mol. The summed E-state index contributed by atoms with van der Waals surface area (Å²) in [4.78, 5) is 2.18. The average Bonchev–Trinajstić information content (AvgIpc) is 2.70. The van der Waals surface area contributed by atoms with Gasteiger partial charge in [0.1, 0.15) is 4.21 Å². The van der Waals surface area contributed by atoms with E-state index in [9.17, 15) is 8.42 Å². The second kappa shape index (κ2) is 6.44. The normalized spacial score (nSPS) is 18.9. The molecule has 1 fully saturated rings. The lowest BCUT2D eigenvalue weighted by atomic mass is 9.98. The van der Waals surface area contributed by atoms with E-state index >= 15 is 0 Å². The summed E-state index contributed by atoms with van der Waals surface area (Å²) >= 11 is 4.70. The molecule has 20 heavy (non-hydrogen) atoms. The maximum atomic E-state index is 12.6. The van der Waals surface area contributed by atoms with Crippen molar-refractivity contribution in [2.24, 2.45) is 5.92 Å². The van der Waals surface area contributed by atoms with Crippen molar-refractivity contribution < 1.29 is 8.42 Å². The van der Waals surface area contributed by atoms with Crippen LogP contribution >= 0.6 is 27.3 Å². The summed E-state index contributed by atoms with van der Waals surface area (Å²) in [7, 11) is 0.822. The molecule has 0 aromatic carbocycles. The van der Waals surface area contributed by atoms with Gasteiger partial charge in [-0.25, -0.2) is 8.42 Å². The Bertz CT molecular complexity index is 541. The second-order valence-electron chi connectivity index (χ2n) is 5.63. The molecule has 1 saturated heterocycles. The summed E-state index contributed by atoms with van der Waals surface area (Å²) in [6.45, 7) is 4.23. The summed E-state index contributed by atoms with van der Waals surface area (Å²) in [5.41, 5.74) is 0.982. The fourth-order valence-corrected chi connectivity index (χ4v) is 6.39. The topological polar surface area (TPSA) is 40.6 Å². The SMILES string of the molecule is Cc1cc(S(=O)(=O)N2CCC(CN(C)C)CC2)sc1Br. The second-order valence-corrected chi connectivity index (χ2v) is 10.2. The fourth-order valence-electron chi connectivity index (χ4n) is 2.53. The minimum atomic E-state index is -3.31. The minimum absolute atomic E-state index is 0.452. The first-order chi connectivity index (χ1) is 9.30. The summed E-state index contributed by atoms with van der Waals surface area (Å²) < 4.78 is 28.2. The molecule has 2 rings (SSSR count). The van der Waals surface area contributed by atoms with Crippen LogP contribution in [0.4, 0.5) is 0 Å². The van der Waals surface area contributed by atoms with Crippen LogP contribution in [0.15, 0.2) is 14.1 Å². The minimum Gasteiger partial charge on any atom is -0.309 e. The van der Waals surface area contributed by atoms with Gasteiger partial charge in [0.05, 0.1) is 3.79 Å². The summed E-state index contributed by atoms with van der Waals surface area (Å²) in [6, 6.07) is 1.76. The molecule has 4 nitrogen and oxygen atoms in total. The smallest absolute Gasteiger partial charge is 0.252 e. The van der Waals surface area contributed by atoms with Crippen LogP contribution in [0.5, 0.6) is 0 Å².